The van der Waals surface area contributed by atoms with Crippen LogP contribution >= 0.6 is 11.3 Å². The lowest BCUT2D eigenvalue weighted by atomic mass is 10.1. The van der Waals surface area contributed by atoms with E-state index in [-0.39, 0.29) is 11.8 Å². The van der Waals surface area contributed by atoms with Crippen LogP contribution in [-0.2, 0) is 16.0 Å². The second-order valence-electron chi connectivity index (χ2n) is 7.32. The van der Waals surface area contributed by atoms with Crippen LogP contribution in [0.1, 0.15) is 18.2 Å². The molecule has 0 aliphatic heterocycles. The maximum Gasteiger partial charge on any atom is 0.248 e. The van der Waals surface area contributed by atoms with Gasteiger partial charge in [0.25, 0.3) is 0 Å². The van der Waals surface area contributed by atoms with E-state index >= 15 is 0 Å². The van der Waals surface area contributed by atoms with Gasteiger partial charge in [0, 0.05) is 30.6 Å². The Labute approximate surface area is 186 Å². The van der Waals surface area contributed by atoms with Crippen molar-refractivity contribution in [3.05, 3.63) is 77.3 Å². The molecule has 0 saturated heterocycles. The van der Waals surface area contributed by atoms with Crippen LogP contribution in [0, 0.1) is 0 Å². The molecule has 3 aromatic rings. The van der Waals surface area contributed by atoms with Crippen LogP contribution in [0.3, 0.4) is 0 Å². The van der Waals surface area contributed by atoms with Crippen molar-refractivity contribution in [2.45, 2.75) is 13.3 Å². The number of rotatable bonds is 8. The summed E-state index contributed by atoms with van der Waals surface area (Å²) in [7, 11) is 4.09. The molecule has 3 rings (SSSR count). The highest BCUT2D eigenvalue weighted by molar-refractivity contribution is 7.14. The van der Waals surface area contributed by atoms with Crippen molar-refractivity contribution in [3.63, 3.8) is 0 Å². The molecule has 6 nitrogen and oxygen atoms in total. The van der Waals surface area contributed by atoms with Gasteiger partial charge in [-0.05, 0) is 56.4 Å². The molecule has 1 heterocycles. The smallest absolute Gasteiger partial charge is 0.248 e. The zero-order valence-electron chi connectivity index (χ0n) is 17.9. The Morgan fingerprint density at radius 2 is 1.77 bits per heavy atom. The number of hydrogen-bond acceptors (Lipinski definition) is 5. The van der Waals surface area contributed by atoms with Gasteiger partial charge in [-0.25, -0.2) is 4.98 Å². The van der Waals surface area contributed by atoms with Gasteiger partial charge in [-0.1, -0.05) is 30.3 Å². The van der Waals surface area contributed by atoms with Gasteiger partial charge in [0.2, 0.25) is 11.8 Å². The molecule has 0 saturated carbocycles. The Morgan fingerprint density at radius 3 is 2.42 bits per heavy atom. The molecule has 2 aromatic carbocycles. The van der Waals surface area contributed by atoms with Crippen LogP contribution in [-0.4, -0.2) is 42.3 Å². The van der Waals surface area contributed by atoms with Crippen LogP contribution in [0.15, 0.2) is 66.1 Å². The third-order valence-corrected chi connectivity index (χ3v) is 5.35. The van der Waals surface area contributed by atoms with E-state index in [0.29, 0.717) is 10.8 Å². The number of aromatic nitrogens is 1. The summed E-state index contributed by atoms with van der Waals surface area (Å²) in [6.07, 6.45) is 4.05. The highest BCUT2D eigenvalue weighted by Gasteiger charge is 2.17. The fourth-order valence-corrected chi connectivity index (χ4v) is 3.77. The normalized spacial score (nSPS) is 11.1. The van der Waals surface area contributed by atoms with E-state index in [9.17, 15) is 9.59 Å². The summed E-state index contributed by atoms with van der Waals surface area (Å²) < 4.78 is 0. The molecule has 0 aliphatic carbocycles. The molecule has 0 bridgehead atoms. The third kappa shape index (κ3) is 6.60. The molecule has 1 aromatic heterocycles. The number of thiazole rings is 1. The van der Waals surface area contributed by atoms with E-state index < -0.39 is 0 Å². The molecule has 0 unspecified atom stereocenters. The van der Waals surface area contributed by atoms with Gasteiger partial charge in [-0.3, -0.25) is 14.5 Å². The van der Waals surface area contributed by atoms with Gasteiger partial charge >= 0.3 is 0 Å². The minimum atomic E-state index is -0.234. The minimum absolute atomic E-state index is 0.122. The molecule has 0 fully saturated rings. The zero-order valence-corrected chi connectivity index (χ0v) is 18.7. The van der Waals surface area contributed by atoms with Crippen LogP contribution in [0.2, 0.25) is 0 Å². The molecule has 7 heteroatoms. The van der Waals surface area contributed by atoms with E-state index in [0.717, 1.165) is 24.3 Å². The highest BCUT2D eigenvalue weighted by Crippen LogP contribution is 2.29. The Bertz CT molecular complexity index is 1040. The van der Waals surface area contributed by atoms with E-state index in [1.807, 2.05) is 74.1 Å². The van der Waals surface area contributed by atoms with Crippen molar-refractivity contribution in [2.24, 2.45) is 0 Å². The molecular formula is C24H26N4O2S. The average Bonchev–Trinajstić information content (AvgIpc) is 3.21. The number of amides is 2. The summed E-state index contributed by atoms with van der Waals surface area (Å²) in [6.45, 7) is 2.48. The van der Waals surface area contributed by atoms with Crippen LogP contribution in [0.25, 0.3) is 6.08 Å². The number of para-hydroxylation sites is 1. The molecule has 160 valence electrons. The number of hydrogen-bond donors (Lipinski definition) is 1. The molecular weight excluding hydrogens is 408 g/mol. The average molecular weight is 435 g/mol. The second kappa shape index (κ2) is 10.7. The van der Waals surface area contributed by atoms with E-state index in [1.165, 1.54) is 29.9 Å². The fraction of sp³-hybridized carbons (Fsp3) is 0.208. The second-order valence-corrected chi connectivity index (χ2v) is 8.15. The van der Waals surface area contributed by atoms with Crippen molar-refractivity contribution in [2.75, 3.05) is 30.9 Å². The van der Waals surface area contributed by atoms with E-state index in [4.69, 9.17) is 0 Å². The van der Waals surface area contributed by atoms with Gasteiger partial charge in [0.05, 0.1) is 11.4 Å². The topological polar surface area (TPSA) is 65.5 Å². The van der Waals surface area contributed by atoms with Crippen molar-refractivity contribution < 1.29 is 9.59 Å². The van der Waals surface area contributed by atoms with Crippen molar-refractivity contribution in [1.82, 2.24) is 9.88 Å². The number of anilines is 3. The maximum absolute atomic E-state index is 12.3. The number of nitrogens with zero attached hydrogens (tertiary/aromatic N) is 3. The summed E-state index contributed by atoms with van der Waals surface area (Å²) in [5.74, 6) is -0.357. The minimum Gasteiger partial charge on any atom is -0.323 e. The lowest BCUT2D eigenvalue weighted by Gasteiger charge is -2.17. The molecule has 1 N–H and O–H groups in total. The molecule has 31 heavy (non-hydrogen) atoms. The maximum atomic E-state index is 12.3. The first kappa shape index (κ1) is 22.4. The summed E-state index contributed by atoms with van der Waals surface area (Å²) in [4.78, 5) is 32.6. The number of carbonyl (C=O) groups is 2. The Kier molecular flexibility index (Phi) is 7.70. The lowest BCUT2D eigenvalue weighted by molar-refractivity contribution is -0.116. The molecule has 0 aliphatic rings. The number of nitrogens with one attached hydrogen (secondary N) is 1. The SMILES string of the molecule is CC(=O)N(c1ccccc1)c1nc(/C=C/C(=O)Nc2ccc(CCN(C)C)cc2)cs1. The Balaban J connectivity index is 1.61. The summed E-state index contributed by atoms with van der Waals surface area (Å²) in [5.41, 5.74) is 3.35. The quantitative estimate of drug-likeness (QED) is 0.527. The standard InChI is InChI=1S/C24H26N4O2S/c1-18(29)28(22-7-5-4-6-8-22)24-26-21(17-31-24)13-14-23(30)25-20-11-9-19(10-12-20)15-16-27(2)3/h4-14,17H,15-16H2,1-3H3,(H,25,30)/b14-13+. The summed E-state index contributed by atoms with van der Waals surface area (Å²) >= 11 is 1.35. The highest BCUT2D eigenvalue weighted by atomic mass is 32.1. The first-order valence-corrected chi connectivity index (χ1v) is 10.8. The number of carbonyl (C=O) groups excluding carboxylic acids is 2. The van der Waals surface area contributed by atoms with E-state index in [2.05, 4.69) is 15.2 Å². The third-order valence-electron chi connectivity index (χ3n) is 4.51. The first-order valence-electron chi connectivity index (χ1n) is 9.96. The summed E-state index contributed by atoms with van der Waals surface area (Å²) in [5, 5.41) is 5.23. The molecule has 0 atom stereocenters. The Morgan fingerprint density at radius 1 is 1.06 bits per heavy atom. The van der Waals surface area contributed by atoms with Gasteiger partial charge in [0.1, 0.15) is 0 Å². The van der Waals surface area contributed by atoms with Crippen LogP contribution < -0.4 is 10.2 Å². The zero-order chi connectivity index (χ0) is 22.2. The fourth-order valence-electron chi connectivity index (χ4n) is 2.91. The predicted molar refractivity (Wildman–Crippen MR) is 128 cm³/mol. The molecule has 0 radical (unpaired) electrons. The Hall–Kier alpha value is -3.29. The molecule has 2 amide bonds. The first-order chi connectivity index (χ1) is 14.9. The number of benzene rings is 2. The largest absolute Gasteiger partial charge is 0.323 e. The molecule has 0 spiro atoms. The van der Waals surface area contributed by atoms with Crippen molar-refractivity contribution >= 4 is 45.7 Å². The van der Waals surface area contributed by atoms with Gasteiger partial charge in [-0.2, -0.15) is 0 Å². The summed E-state index contributed by atoms with van der Waals surface area (Å²) in [6, 6.07) is 17.2. The van der Waals surface area contributed by atoms with Crippen LogP contribution in [0.5, 0.6) is 0 Å². The monoisotopic (exact) mass is 434 g/mol. The van der Waals surface area contributed by atoms with Crippen molar-refractivity contribution in [3.8, 4) is 0 Å². The van der Waals surface area contributed by atoms with Gasteiger partial charge in [0.15, 0.2) is 5.13 Å². The predicted octanol–water partition coefficient (Wildman–Crippen LogP) is 4.58. The van der Waals surface area contributed by atoms with Crippen LogP contribution in [0.4, 0.5) is 16.5 Å². The number of likely N-dealkylation sites (N-methyl/N-ethyl adjacent to an activating group) is 1. The van der Waals surface area contributed by atoms with Gasteiger partial charge in [-0.15, -0.1) is 11.3 Å². The van der Waals surface area contributed by atoms with Crippen molar-refractivity contribution in [1.29, 1.82) is 0 Å². The van der Waals surface area contributed by atoms with Gasteiger partial charge < -0.3 is 10.2 Å². The van der Waals surface area contributed by atoms with E-state index in [1.54, 1.807) is 11.0 Å². The lowest BCUT2D eigenvalue weighted by Crippen LogP contribution is -2.22.